The van der Waals surface area contributed by atoms with E-state index in [4.69, 9.17) is 4.42 Å². The van der Waals surface area contributed by atoms with Crippen LogP contribution in [0, 0.1) is 0 Å². The molecule has 0 bridgehead atoms. The number of rotatable bonds is 3. The molecule has 1 aliphatic rings. The summed E-state index contributed by atoms with van der Waals surface area (Å²) in [5.41, 5.74) is 1.96. The smallest absolute Gasteiger partial charge is 0.336 e. The molecule has 0 atom stereocenters. The standard InChI is InChI=1S/C17H22N2O3/c1-3-12-10-16(21)22-17-13(12)4-5-15(20)14(17)11-19-8-6-18(2)7-9-19/h4-5,10,20H,3,6-9,11H2,1-2H3/p+2. The van der Waals surface area contributed by atoms with Crippen molar-refractivity contribution in [3.8, 4) is 5.75 Å². The second kappa shape index (κ2) is 6.10. The van der Waals surface area contributed by atoms with Crippen LogP contribution in [0.25, 0.3) is 11.0 Å². The summed E-state index contributed by atoms with van der Waals surface area (Å²) in [6, 6.07) is 5.12. The highest BCUT2D eigenvalue weighted by Crippen LogP contribution is 2.28. The van der Waals surface area contributed by atoms with Crippen molar-refractivity contribution in [2.45, 2.75) is 19.9 Å². The second-order valence-electron chi connectivity index (χ2n) is 6.27. The van der Waals surface area contributed by atoms with Crippen molar-refractivity contribution < 1.29 is 19.3 Å². The van der Waals surface area contributed by atoms with Crippen molar-refractivity contribution in [3.63, 3.8) is 0 Å². The van der Waals surface area contributed by atoms with E-state index >= 15 is 0 Å². The van der Waals surface area contributed by atoms with Crippen LogP contribution in [0.1, 0.15) is 18.1 Å². The highest BCUT2D eigenvalue weighted by molar-refractivity contribution is 5.84. The number of benzene rings is 1. The highest BCUT2D eigenvalue weighted by atomic mass is 16.4. The predicted octanol–water partition coefficient (Wildman–Crippen LogP) is -1.03. The number of phenolic OH excluding ortho intramolecular Hbond substituents is 1. The van der Waals surface area contributed by atoms with Gasteiger partial charge in [-0.1, -0.05) is 6.92 Å². The summed E-state index contributed by atoms with van der Waals surface area (Å²) >= 11 is 0. The zero-order valence-corrected chi connectivity index (χ0v) is 13.2. The SMILES string of the molecule is CCc1cc(=O)oc2c(C[NH+]3CC[NH+](C)CC3)c(O)ccc12. The van der Waals surface area contributed by atoms with Gasteiger partial charge in [0, 0.05) is 11.5 Å². The number of fused-ring (bicyclic) bond motifs is 1. The van der Waals surface area contributed by atoms with Crippen molar-refractivity contribution in [3.05, 3.63) is 39.7 Å². The maximum absolute atomic E-state index is 11.8. The molecule has 5 heteroatoms. The van der Waals surface area contributed by atoms with Crippen molar-refractivity contribution >= 4 is 11.0 Å². The van der Waals surface area contributed by atoms with Gasteiger partial charge in [-0.2, -0.15) is 0 Å². The number of quaternary nitrogens is 2. The molecule has 0 saturated carbocycles. The first-order valence-electron chi connectivity index (χ1n) is 8.01. The second-order valence-corrected chi connectivity index (χ2v) is 6.27. The topological polar surface area (TPSA) is 59.3 Å². The first-order valence-corrected chi connectivity index (χ1v) is 8.01. The molecule has 0 amide bonds. The van der Waals surface area contributed by atoms with Crippen LogP contribution in [-0.4, -0.2) is 38.3 Å². The Bertz CT molecular complexity index is 730. The third kappa shape index (κ3) is 2.87. The van der Waals surface area contributed by atoms with Gasteiger partial charge in [0.05, 0.1) is 12.6 Å². The number of phenols is 1. The van der Waals surface area contributed by atoms with Gasteiger partial charge in [0.1, 0.15) is 38.5 Å². The summed E-state index contributed by atoms with van der Waals surface area (Å²) in [7, 11) is 2.21. The highest BCUT2D eigenvalue weighted by Gasteiger charge is 2.23. The van der Waals surface area contributed by atoms with Gasteiger partial charge < -0.3 is 19.3 Å². The van der Waals surface area contributed by atoms with Gasteiger partial charge in [-0.25, -0.2) is 4.79 Å². The van der Waals surface area contributed by atoms with Crippen molar-refractivity contribution in [1.29, 1.82) is 0 Å². The quantitative estimate of drug-likeness (QED) is 0.636. The minimum atomic E-state index is -0.339. The van der Waals surface area contributed by atoms with Crippen LogP contribution in [0.3, 0.4) is 0 Å². The van der Waals surface area contributed by atoms with Gasteiger partial charge in [0.2, 0.25) is 0 Å². The largest absolute Gasteiger partial charge is 0.507 e. The fourth-order valence-corrected chi connectivity index (χ4v) is 3.26. The van der Waals surface area contributed by atoms with E-state index in [0.717, 1.165) is 49.1 Å². The molecule has 22 heavy (non-hydrogen) atoms. The fourth-order valence-electron chi connectivity index (χ4n) is 3.26. The summed E-state index contributed by atoms with van der Waals surface area (Å²) in [5.74, 6) is 0.225. The lowest BCUT2D eigenvalue weighted by Crippen LogP contribution is -3.26. The first kappa shape index (κ1) is 15.1. The number of aromatic hydroxyl groups is 1. The number of hydrogen-bond donors (Lipinski definition) is 3. The van der Waals surface area contributed by atoms with E-state index in [9.17, 15) is 9.90 Å². The van der Waals surface area contributed by atoms with E-state index in [1.165, 1.54) is 4.90 Å². The Kier molecular flexibility index (Phi) is 4.18. The average Bonchev–Trinajstić information content (AvgIpc) is 2.51. The Morgan fingerprint density at radius 1 is 1.23 bits per heavy atom. The predicted molar refractivity (Wildman–Crippen MR) is 84.5 cm³/mol. The number of hydrogen-bond acceptors (Lipinski definition) is 3. The Morgan fingerprint density at radius 2 is 1.95 bits per heavy atom. The Morgan fingerprint density at radius 3 is 2.64 bits per heavy atom. The Hall–Kier alpha value is -1.85. The molecule has 1 aromatic carbocycles. The van der Waals surface area contributed by atoms with Crippen molar-refractivity contribution in [2.24, 2.45) is 0 Å². The molecular formula is C17H24N2O3+2. The summed E-state index contributed by atoms with van der Waals surface area (Å²) in [5, 5.41) is 11.2. The number of piperazine rings is 1. The normalized spacial score (nSPS) is 22.1. The molecule has 1 aliphatic heterocycles. The molecule has 2 heterocycles. The van der Waals surface area contributed by atoms with Gasteiger partial charge in [0.15, 0.2) is 5.58 Å². The van der Waals surface area contributed by atoms with Crippen LogP contribution < -0.4 is 15.4 Å². The Labute approximate surface area is 129 Å². The molecule has 3 N–H and O–H groups in total. The number of likely N-dealkylation sites (N-methyl/N-ethyl adjacent to an activating group) is 1. The molecule has 0 unspecified atom stereocenters. The fraction of sp³-hybridized carbons (Fsp3) is 0.471. The molecule has 0 spiro atoms. The van der Waals surface area contributed by atoms with Crippen molar-refractivity contribution in [2.75, 3.05) is 33.2 Å². The van der Waals surface area contributed by atoms with Crippen LogP contribution in [0.5, 0.6) is 5.75 Å². The van der Waals surface area contributed by atoms with Crippen LogP contribution in [0.4, 0.5) is 0 Å². The van der Waals surface area contributed by atoms with Gasteiger partial charge in [0.25, 0.3) is 0 Å². The number of nitrogens with one attached hydrogen (secondary N) is 2. The van der Waals surface area contributed by atoms with E-state index in [0.29, 0.717) is 12.1 Å². The zero-order chi connectivity index (χ0) is 15.7. The van der Waals surface area contributed by atoms with Crippen LogP contribution in [0.15, 0.2) is 27.4 Å². The lowest BCUT2D eigenvalue weighted by Gasteiger charge is -2.27. The summed E-state index contributed by atoms with van der Waals surface area (Å²) < 4.78 is 5.44. The van der Waals surface area contributed by atoms with Gasteiger partial charge in [-0.05, 0) is 24.1 Å². The molecule has 1 aromatic heterocycles. The van der Waals surface area contributed by atoms with Gasteiger partial charge >= 0.3 is 5.63 Å². The molecule has 1 saturated heterocycles. The minimum absolute atomic E-state index is 0.225. The lowest BCUT2D eigenvalue weighted by molar-refractivity contribution is -1.01. The summed E-state index contributed by atoms with van der Waals surface area (Å²) in [6.45, 7) is 7.12. The summed E-state index contributed by atoms with van der Waals surface area (Å²) in [6.07, 6.45) is 0.775. The van der Waals surface area contributed by atoms with E-state index in [2.05, 4.69) is 7.05 Å². The third-order valence-electron chi connectivity index (χ3n) is 4.69. The van der Waals surface area contributed by atoms with E-state index in [-0.39, 0.29) is 11.4 Å². The van der Waals surface area contributed by atoms with Crippen LogP contribution >= 0.6 is 0 Å². The number of aryl methyl sites for hydroxylation is 1. The van der Waals surface area contributed by atoms with E-state index in [1.54, 1.807) is 17.0 Å². The van der Waals surface area contributed by atoms with E-state index < -0.39 is 0 Å². The monoisotopic (exact) mass is 304 g/mol. The molecule has 0 radical (unpaired) electrons. The molecular weight excluding hydrogens is 280 g/mol. The van der Waals surface area contributed by atoms with Crippen LogP contribution in [-0.2, 0) is 13.0 Å². The molecule has 0 aliphatic carbocycles. The van der Waals surface area contributed by atoms with Gasteiger partial charge in [-0.3, -0.25) is 0 Å². The van der Waals surface area contributed by atoms with Crippen molar-refractivity contribution in [1.82, 2.24) is 0 Å². The first-order chi connectivity index (χ1) is 10.6. The Balaban J connectivity index is 2.02. The zero-order valence-electron chi connectivity index (χ0n) is 13.2. The minimum Gasteiger partial charge on any atom is -0.507 e. The average molecular weight is 304 g/mol. The molecule has 3 rings (SSSR count). The summed E-state index contributed by atoms with van der Waals surface area (Å²) in [4.78, 5) is 14.8. The van der Waals surface area contributed by atoms with Crippen LogP contribution in [0.2, 0.25) is 0 Å². The molecule has 5 nitrogen and oxygen atoms in total. The van der Waals surface area contributed by atoms with E-state index in [1.807, 2.05) is 13.0 Å². The maximum Gasteiger partial charge on any atom is 0.336 e. The molecule has 118 valence electrons. The molecule has 1 fully saturated rings. The molecule has 2 aromatic rings. The van der Waals surface area contributed by atoms with Gasteiger partial charge in [-0.15, -0.1) is 0 Å². The third-order valence-corrected chi connectivity index (χ3v) is 4.69. The lowest BCUT2D eigenvalue weighted by atomic mass is 10.0. The maximum atomic E-state index is 11.8.